The van der Waals surface area contributed by atoms with E-state index >= 15 is 0 Å². The summed E-state index contributed by atoms with van der Waals surface area (Å²) < 4.78 is 0. The van der Waals surface area contributed by atoms with E-state index in [2.05, 4.69) is 33.6 Å². The minimum Gasteiger partial charge on any atom is -0.392 e. The lowest BCUT2D eigenvalue weighted by molar-refractivity contribution is 0.324. The SMILES string of the molecule is C=C(CO)C(C#Cc1ccc(CN2CCCC2)nc1)NC. The number of aliphatic hydroxyl groups is 1. The second-order valence-corrected chi connectivity index (χ2v) is 5.33. The Labute approximate surface area is 126 Å². The van der Waals surface area contributed by atoms with Gasteiger partial charge in [0.15, 0.2) is 0 Å². The van der Waals surface area contributed by atoms with Gasteiger partial charge in [0.25, 0.3) is 0 Å². The average molecular weight is 285 g/mol. The Morgan fingerprint density at radius 3 is 2.81 bits per heavy atom. The summed E-state index contributed by atoms with van der Waals surface area (Å²) in [5.74, 6) is 6.13. The molecule has 0 bridgehead atoms. The molecule has 1 atom stereocenters. The molecular weight excluding hydrogens is 262 g/mol. The van der Waals surface area contributed by atoms with Crippen molar-refractivity contribution in [1.29, 1.82) is 0 Å². The normalized spacial score (nSPS) is 16.3. The fourth-order valence-electron chi connectivity index (χ4n) is 2.39. The Hall–Kier alpha value is -1.67. The van der Waals surface area contributed by atoms with Gasteiger partial charge >= 0.3 is 0 Å². The van der Waals surface area contributed by atoms with E-state index in [9.17, 15) is 0 Å². The highest BCUT2D eigenvalue weighted by molar-refractivity contribution is 5.36. The molecule has 0 amide bonds. The number of rotatable bonds is 5. The molecule has 4 heteroatoms. The summed E-state index contributed by atoms with van der Waals surface area (Å²) in [5, 5.41) is 12.1. The lowest BCUT2D eigenvalue weighted by Gasteiger charge is -2.13. The molecule has 1 aliphatic rings. The Bertz CT molecular complexity index is 521. The molecule has 1 aromatic heterocycles. The molecule has 2 rings (SSSR count). The number of pyridine rings is 1. The predicted molar refractivity (Wildman–Crippen MR) is 84.7 cm³/mol. The molecule has 2 N–H and O–H groups in total. The van der Waals surface area contributed by atoms with Crippen LogP contribution in [0.2, 0.25) is 0 Å². The highest BCUT2D eigenvalue weighted by Crippen LogP contribution is 2.11. The summed E-state index contributed by atoms with van der Waals surface area (Å²) in [6.07, 6.45) is 4.40. The van der Waals surface area contributed by atoms with Crippen molar-refractivity contribution in [2.75, 3.05) is 26.7 Å². The van der Waals surface area contributed by atoms with Crippen molar-refractivity contribution in [2.24, 2.45) is 0 Å². The van der Waals surface area contributed by atoms with Crippen LogP contribution in [0.15, 0.2) is 30.5 Å². The van der Waals surface area contributed by atoms with Crippen molar-refractivity contribution in [3.8, 4) is 11.8 Å². The van der Waals surface area contributed by atoms with Gasteiger partial charge in [-0.15, -0.1) is 0 Å². The molecule has 0 aromatic carbocycles. The first-order valence-corrected chi connectivity index (χ1v) is 7.37. The maximum Gasteiger partial charge on any atom is 0.0926 e. The predicted octanol–water partition coefficient (Wildman–Crippen LogP) is 1.17. The first-order chi connectivity index (χ1) is 10.2. The Kier molecular flexibility index (Phi) is 5.94. The standard InChI is InChI=1S/C17H23N3O/c1-14(13-21)17(18-2)8-6-15-5-7-16(19-11-15)12-20-9-3-4-10-20/h5,7,11,17-18,21H,1,3-4,9-10,12-13H2,2H3. The molecule has 0 saturated carbocycles. The number of hydrogen-bond acceptors (Lipinski definition) is 4. The van der Waals surface area contributed by atoms with Crippen molar-refractivity contribution in [1.82, 2.24) is 15.2 Å². The van der Waals surface area contributed by atoms with E-state index in [1.54, 1.807) is 7.05 Å². The lowest BCUT2D eigenvalue weighted by Crippen LogP contribution is -2.26. The number of nitrogens with one attached hydrogen (secondary N) is 1. The van der Waals surface area contributed by atoms with Gasteiger partial charge in [-0.05, 0) is 50.7 Å². The van der Waals surface area contributed by atoms with Gasteiger partial charge in [-0.1, -0.05) is 18.4 Å². The fraction of sp³-hybridized carbons (Fsp3) is 0.471. The summed E-state index contributed by atoms with van der Waals surface area (Å²) in [7, 11) is 1.80. The smallest absolute Gasteiger partial charge is 0.0926 e. The molecule has 2 heterocycles. The maximum atomic E-state index is 9.08. The second-order valence-electron chi connectivity index (χ2n) is 5.33. The van der Waals surface area contributed by atoms with E-state index in [0.717, 1.165) is 17.8 Å². The number of hydrogen-bond donors (Lipinski definition) is 2. The van der Waals surface area contributed by atoms with Crippen molar-refractivity contribution in [2.45, 2.75) is 25.4 Å². The van der Waals surface area contributed by atoms with Gasteiger partial charge in [0.1, 0.15) is 0 Å². The Balaban J connectivity index is 1.97. The summed E-state index contributed by atoms with van der Waals surface area (Å²) in [5.41, 5.74) is 2.64. The highest BCUT2D eigenvalue weighted by Gasteiger charge is 2.12. The van der Waals surface area contributed by atoms with Crippen LogP contribution >= 0.6 is 0 Å². The van der Waals surface area contributed by atoms with E-state index < -0.39 is 0 Å². The Morgan fingerprint density at radius 2 is 2.24 bits per heavy atom. The summed E-state index contributed by atoms with van der Waals surface area (Å²) in [4.78, 5) is 6.90. The number of likely N-dealkylation sites (N-methyl/N-ethyl adjacent to an activating group) is 1. The zero-order chi connectivity index (χ0) is 15.1. The van der Waals surface area contributed by atoms with Crippen LogP contribution < -0.4 is 5.32 Å². The van der Waals surface area contributed by atoms with Crippen LogP contribution in [0.4, 0.5) is 0 Å². The van der Waals surface area contributed by atoms with Crippen molar-refractivity contribution >= 4 is 0 Å². The quantitative estimate of drug-likeness (QED) is 0.630. The van der Waals surface area contributed by atoms with Crippen molar-refractivity contribution in [3.63, 3.8) is 0 Å². The van der Waals surface area contributed by atoms with Gasteiger partial charge in [0.2, 0.25) is 0 Å². The monoisotopic (exact) mass is 285 g/mol. The van der Waals surface area contributed by atoms with Gasteiger partial charge < -0.3 is 10.4 Å². The summed E-state index contributed by atoms with van der Waals surface area (Å²) in [6.45, 7) is 7.01. The Morgan fingerprint density at radius 1 is 1.48 bits per heavy atom. The van der Waals surface area contributed by atoms with Crippen LogP contribution in [0.1, 0.15) is 24.1 Å². The molecule has 21 heavy (non-hydrogen) atoms. The van der Waals surface area contributed by atoms with E-state index in [0.29, 0.717) is 5.57 Å². The molecule has 1 aliphatic heterocycles. The largest absolute Gasteiger partial charge is 0.392 e. The van der Waals surface area contributed by atoms with Gasteiger partial charge in [-0.3, -0.25) is 9.88 Å². The second kappa shape index (κ2) is 7.94. The van der Waals surface area contributed by atoms with Crippen LogP contribution in [0, 0.1) is 11.8 Å². The lowest BCUT2D eigenvalue weighted by atomic mass is 10.1. The molecule has 0 spiro atoms. The van der Waals surface area contributed by atoms with Gasteiger partial charge in [0.05, 0.1) is 18.3 Å². The first-order valence-electron chi connectivity index (χ1n) is 7.37. The molecular formula is C17H23N3O. The highest BCUT2D eigenvalue weighted by atomic mass is 16.3. The molecule has 4 nitrogen and oxygen atoms in total. The molecule has 1 unspecified atom stereocenters. The van der Waals surface area contributed by atoms with Gasteiger partial charge in [-0.25, -0.2) is 0 Å². The van der Waals surface area contributed by atoms with Crippen LogP contribution in [0.3, 0.4) is 0 Å². The average Bonchev–Trinajstić information content (AvgIpc) is 3.02. The van der Waals surface area contributed by atoms with Crippen molar-refractivity contribution < 1.29 is 5.11 Å². The maximum absolute atomic E-state index is 9.08. The van der Waals surface area contributed by atoms with Crippen LogP contribution in [0.5, 0.6) is 0 Å². The van der Waals surface area contributed by atoms with Gasteiger partial charge in [-0.2, -0.15) is 0 Å². The minimum absolute atomic E-state index is 0.0623. The van der Waals surface area contributed by atoms with Crippen molar-refractivity contribution in [3.05, 3.63) is 41.7 Å². The van der Waals surface area contributed by atoms with E-state index in [-0.39, 0.29) is 12.6 Å². The molecule has 0 aliphatic carbocycles. The van der Waals surface area contributed by atoms with Crippen LogP contribution in [0.25, 0.3) is 0 Å². The van der Waals surface area contributed by atoms with Crippen LogP contribution in [-0.4, -0.2) is 47.8 Å². The molecule has 1 fully saturated rings. The minimum atomic E-state index is -0.195. The van der Waals surface area contributed by atoms with E-state index in [1.807, 2.05) is 18.3 Å². The fourth-order valence-corrected chi connectivity index (χ4v) is 2.39. The van der Waals surface area contributed by atoms with E-state index in [4.69, 9.17) is 5.11 Å². The molecule has 0 radical (unpaired) electrons. The third-order valence-corrected chi connectivity index (χ3v) is 3.67. The number of nitrogens with zero attached hydrogens (tertiary/aromatic N) is 2. The molecule has 112 valence electrons. The zero-order valence-electron chi connectivity index (χ0n) is 12.6. The van der Waals surface area contributed by atoms with Crippen LogP contribution in [-0.2, 0) is 6.54 Å². The topological polar surface area (TPSA) is 48.4 Å². The number of aromatic nitrogens is 1. The number of aliphatic hydroxyl groups excluding tert-OH is 1. The summed E-state index contributed by atoms with van der Waals surface area (Å²) in [6, 6.07) is 3.84. The third kappa shape index (κ3) is 4.68. The zero-order valence-corrected chi connectivity index (χ0v) is 12.6. The first kappa shape index (κ1) is 15.7. The third-order valence-electron chi connectivity index (χ3n) is 3.67. The number of likely N-dealkylation sites (tertiary alicyclic amines) is 1. The summed E-state index contributed by atoms with van der Waals surface area (Å²) >= 11 is 0. The molecule has 1 aromatic rings. The van der Waals surface area contributed by atoms with E-state index in [1.165, 1.54) is 25.9 Å². The molecule has 1 saturated heterocycles. The van der Waals surface area contributed by atoms with Gasteiger partial charge in [0, 0.05) is 18.3 Å².